The molecule has 3 nitrogen and oxygen atoms in total. The molecule has 0 aromatic heterocycles. The molecular weight excluding hydrogens is 258 g/mol. The summed E-state index contributed by atoms with van der Waals surface area (Å²) < 4.78 is 0. The van der Waals surface area contributed by atoms with Crippen molar-refractivity contribution in [3.8, 4) is 0 Å². The van der Waals surface area contributed by atoms with E-state index < -0.39 is 0 Å². The number of nitrogens with zero attached hydrogens (tertiary/aromatic N) is 2. The van der Waals surface area contributed by atoms with Gasteiger partial charge in [-0.2, -0.15) is 0 Å². The largest absolute Gasteiger partial charge is 0.323 e. The standard InChI is InChI=1S/C18H29N3/c1-14-3-6-17(15(2)11-14)18(19)13-21-9-7-20(8-10-21)12-16-4-5-16/h3,6,11,16,18H,4-5,7-10,12-13,19H2,1-2H3. The molecule has 1 unspecified atom stereocenters. The van der Waals surface area contributed by atoms with E-state index in [1.54, 1.807) is 0 Å². The van der Waals surface area contributed by atoms with E-state index in [-0.39, 0.29) is 6.04 Å². The molecule has 1 heterocycles. The third kappa shape index (κ3) is 4.06. The summed E-state index contributed by atoms with van der Waals surface area (Å²) in [7, 11) is 0. The summed E-state index contributed by atoms with van der Waals surface area (Å²) in [6.45, 7) is 11.4. The maximum absolute atomic E-state index is 6.45. The lowest BCUT2D eigenvalue weighted by atomic mass is 9.99. The van der Waals surface area contributed by atoms with Crippen molar-refractivity contribution >= 4 is 0 Å². The number of rotatable bonds is 5. The van der Waals surface area contributed by atoms with Crippen molar-refractivity contribution in [2.45, 2.75) is 32.7 Å². The molecule has 0 amide bonds. The summed E-state index contributed by atoms with van der Waals surface area (Å²) >= 11 is 0. The van der Waals surface area contributed by atoms with Gasteiger partial charge in [-0.15, -0.1) is 0 Å². The second-order valence-corrected chi connectivity index (χ2v) is 7.01. The fourth-order valence-electron chi connectivity index (χ4n) is 3.44. The molecule has 0 radical (unpaired) electrons. The molecule has 2 N–H and O–H groups in total. The molecule has 1 saturated heterocycles. The Kier molecular flexibility index (Phi) is 4.63. The van der Waals surface area contributed by atoms with Gasteiger partial charge in [0, 0.05) is 45.3 Å². The van der Waals surface area contributed by atoms with Crippen molar-refractivity contribution in [1.29, 1.82) is 0 Å². The highest BCUT2D eigenvalue weighted by Crippen LogP contribution is 2.30. The normalized spacial score (nSPS) is 22.4. The van der Waals surface area contributed by atoms with E-state index in [4.69, 9.17) is 5.73 Å². The molecular formula is C18H29N3. The zero-order valence-corrected chi connectivity index (χ0v) is 13.5. The number of hydrogen-bond acceptors (Lipinski definition) is 3. The first kappa shape index (κ1) is 15.0. The van der Waals surface area contributed by atoms with Crippen LogP contribution >= 0.6 is 0 Å². The van der Waals surface area contributed by atoms with Gasteiger partial charge in [-0.1, -0.05) is 23.8 Å². The molecule has 1 aliphatic heterocycles. The highest BCUT2D eigenvalue weighted by molar-refractivity contribution is 5.32. The molecule has 116 valence electrons. The van der Waals surface area contributed by atoms with Gasteiger partial charge in [0.25, 0.3) is 0 Å². The minimum absolute atomic E-state index is 0.139. The van der Waals surface area contributed by atoms with Gasteiger partial charge in [-0.25, -0.2) is 0 Å². The monoisotopic (exact) mass is 287 g/mol. The number of aryl methyl sites for hydroxylation is 2. The topological polar surface area (TPSA) is 32.5 Å². The number of benzene rings is 1. The SMILES string of the molecule is Cc1ccc(C(N)CN2CCN(CC3CC3)CC2)c(C)c1. The predicted octanol–water partition coefficient (Wildman–Crippen LogP) is 2.33. The van der Waals surface area contributed by atoms with Gasteiger partial charge in [-0.3, -0.25) is 4.90 Å². The Labute approximate surface area is 129 Å². The zero-order valence-electron chi connectivity index (χ0n) is 13.5. The molecule has 1 aromatic carbocycles. The second-order valence-electron chi connectivity index (χ2n) is 7.01. The summed E-state index contributed by atoms with van der Waals surface area (Å²) in [5, 5.41) is 0. The van der Waals surface area contributed by atoms with E-state index in [2.05, 4.69) is 41.8 Å². The molecule has 1 aliphatic carbocycles. The summed E-state index contributed by atoms with van der Waals surface area (Å²) in [5.74, 6) is 1.01. The van der Waals surface area contributed by atoms with Crippen molar-refractivity contribution in [3.63, 3.8) is 0 Å². The van der Waals surface area contributed by atoms with E-state index in [9.17, 15) is 0 Å². The van der Waals surface area contributed by atoms with Gasteiger partial charge in [0.05, 0.1) is 0 Å². The van der Waals surface area contributed by atoms with Gasteiger partial charge in [0.2, 0.25) is 0 Å². The molecule has 2 fully saturated rings. The number of hydrogen-bond donors (Lipinski definition) is 1. The first-order valence-corrected chi connectivity index (χ1v) is 8.39. The van der Waals surface area contributed by atoms with Crippen molar-refractivity contribution in [2.24, 2.45) is 11.7 Å². The van der Waals surface area contributed by atoms with Crippen LogP contribution in [0.2, 0.25) is 0 Å². The summed E-state index contributed by atoms with van der Waals surface area (Å²) in [4.78, 5) is 5.17. The molecule has 1 saturated carbocycles. The summed E-state index contributed by atoms with van der Waals surface area (Å²) in [6.07, 6.45) is 2.91. The van der Waals surface area contributed by atoms with E-state index in [1.165, 1.54) is 62.3 Å². The van der Waals surface area contributed by atoms with Gasteiger partial charge in [0.15, 0.2) is 0 Å². The highest BCUT2D eigenvalue weighted by Gasteiger charge is 2.26. The average Bonchev–Trinajstić information content (AvgIpc) is 3.25. The fourth-order valence-corrected chi connectivity index (χ4v) is 3.44. The first-order valence-electron chi connectivity index (χ1n) is 8.39. The Hall–Kier alpha value is -0.900. The summed E-state index contributed by atoms with van der Waals surface area (Å²) in [5.41, 5.74) is 10.4. The van der Waals surface area contributed by atoms with Crippen LogP contribution < -0.4 is 5.73 Å². The first-order chi connectivity index (χ1) is 10.1. The maximum Gasteiger partial charge on any atom is 0.0426 e. The maximum atomic E-state index is 6.45. The fraction of sp³-hybridized carbons (Fsp3) is 0.667. The third-order valence-corrected chi connectivity index (χ3v) is 4.96. The van der Waals surface area contributed by atoms with Gasteiger partial charge in [-0.05, 0) is 43.7 Å². The lowest BCUT2D eigenvalue weighted by Crippen LogP contribution is -2.48. The van der Waals surface area contributed by atoms with E-state index in [0.717, 1.165) is 12.5 Å². The van der Waals surface area contributed by atoms with Crippen molar-refractivity contribution in [3.05, 3.63) is 34.9 Å². The average molecular weight is 287 g/mol. The Bertz CT molecular complexity index is 473. The van der Waals surface area contributed by atoms with Crippen LogP contribution in [0.1, 0.15) is 35.6 Å². The van der Waals surface area contributed by atoms with Gasteiger partial charge in [0.1, 0.15) is 0 Å². The van der Waals surface area contributed by atoms with Crippen LogP contribution in [-0.2, 0) is 0 Å². The van der Waals surface area contributed by atoms with Crippen LogP contribution in [-0.4, -0.2) is 49.1 Å². The number of piperazine rings is 1. The molecule has 2 aliphatic rings. The van der Waals surface area contributed by atoms with Crippen LogP contribution in [0.15, 0.2) is 18.2 Å². The van der Waals surface area contributed by atoms with Crippen molar-refractivity contribution in [2.75, 3.05) is 39.3 Å². The van der Waals surface area contributed by atoms with Crippen molar-refractivity contribution < 1.29 is 0 Å². The Balaban J connectivity index is 1.49. The third-order valence-electron chi connectivity index (χ3n) is 4.96. The molecule has 3 rings (SSSR count). The second kappa shape index (κ2) is 6.47. The highest BCUT2D eigenvalue weighted by atomic mass is 15.3. The van der Waals surface area contributed by atoms with Crippen molar-refractivity contribution in [1.82, 2.24) is 9.80 Å². The Morgan fingerprint density at radius 1 is 1.10 bits per heavy atom. The molecule has 0 spiro atoms. The smallest absolute Gasteiger partial charge is 0.0426 e. The molecule has 21 heavy (non-hydrogen) atoms. The van der Waals surface area contributed by atoms with Crippen LogP contribution in [0.4, 0.5) is 0 Å². The molecule has 1 aromatic rings. The minimum Gasteiger partial charge on any atom is -0.323 e. The van der Waals surface area contributed by atoms with Gasteiger partial charge >= 0.3 is 0 Å². The zero-order chi connectivity index (χ0) is 14.8. The van der Waals surface area contributed by atoms with E-state index in [1.807, 2.05) is 0 Å². The molecule has 0 bridgehead atoms. The van der Waals surface area contributed by atoms with Crippen LogP contribution in [0.25, 0.3) is 0 Å². The Morgan fingerprint density at radius 3 is 2.38 bits per heavy atom. The lowest BCUT2D eigenvalue weighted by Gasteiger charge is -2.36. The van der Waals surface area contributed by atoms with Gasteiger partial charge < -0.3 is 10.6 Å². The van der Waals surface area contributed by atoms with E-state index in [0.29, 0.717) is 0 Å². The Morgan fingerprint density at radius 2 is 1.76 bits per heavy atom. The number of nitrogens with two attached hydrogens (primary N) is 1. The van der Waals surface area contributed by atoms with Crippen LogP contribution in [0.5, 0.6) is 0 Å². The lowest BCUT2D eigenvalue weighted by molar-refractivity contribution is 0.123. The van der Waals surface area contributed by atoms with Crippen LogP contribution in [0.3, 0.4) is 0 Å². The molecule has 1 atom stereocenters. The van der Waals surface area contributed by atoms with E-state index >= 15 is 0 Å². The van der Waals surface area contributed by atoms with Crippen LogP contribution in [0, 0.1) is 19.8 Å². The quantitative estimate of drug-likeness (QED) is 0.902. The minimum atomic E-state index is 0.139. The molecule has 3 heteroatoms. The predicted molar refractivity (Wildman–Crippen MR) is 88.4 cm³/mol. The summed E-state index contributed by atoms with van der Waals surface area (Å²) in [6, 6.07) is 6.76.